The van der Waals surface area contributed by atoms with Crippen LogP contribution in [0.3, 0.4) is 0 Å². The van der Waals surface area contributed by atoms with E-state index in [-0.39, 0.29) is 0 Å². The van der Waals surface area contributed by atoms with Crippen molar-refractivity contribution in [2.75, 3.05) is 0 Å². The lowest BCUT2D eigenvalue weighted by molar-refractivity contribution is 0.0702. The Morgan fingerprint density at radius 2 is 2.30 bits per heavy atom. The average molecular weight is 293 g/mol. The molecule has 3 nitrogen and oxygen atoms in total. The second kappa shape index (κ2) is 5.49. The van der Waals surface area contributed by atoms with Gasteiger partial charge in [-0.2, -0.15) is 0 Å². The maximum absolute atomic E-state index is 11.0. The van der Waals surface area contributed by atoms with Gasteiger partial charge in [0.1, 0.15) is 4.88 Å². The molecule has 0 aromatic carbocycles. The van der Waals surface area contributed by atoms with E-state index in [0.717, 1.165) is 34.7 Å². The molecule has 2 aliphatic carbocycles. The Morgan fingerprint density at radius 1 is 1.50 bits per heavy atom. The lowest BCUT2D eigenvalue weighted by atomic mass is 9.84. The predicted octanol–water partition coefficient (Wildman–Crippen LogP) is 3.67. The Hall–Kier alpha value is -0.870. The van der Waals surface area contributed by atoms with Crippen molar-refractivity contribution >= 4 is 17.3 Å². The van der Waals surface area contributed by atoms with Gasteiger partial charge in [-0.25, -0.2) is 4.79 Å². The van der Waals surface area contributed by atoms with E-state index in [0.29, 0.717) is 10.9 Å². The number of carboxylic acids is 1. The Morgan fingerprint density at radius 3 is 2.85 bits per heavy atom. The Bertz CT molecular complexity index is 511. The standard InChI is InChI=1S/C16H23NO2S/c1-9(14-6-11-3-4-12(14)5-11)17-8-13-7-15(16(18)19)20-10(13)2/h7,9,11-12,14,17H,3-6,8H2,1-2H3,(H,18,19). The summed E-state index contributed by atoms with van der Waals surface area (Å²) in [5.41, 5.74) is 1.14. The third kappa shape index (κ3) is 2.63. The topological polar surface area (TPSA) is 49.3 Å². The maximum Gasteiger partial charge on any atom is 0.345 e. The second-order valence-corrected chi connectivity index (χ2v) is 7.76. The number of aromatic carboxylic acids is 1. The highest BCUT2D eigenvalue weighted by molar-refractivity contribution is 7.14. The monoisotopic (exact) mass is 293 g/mol. The minimum absolute atomic E-state index is 0.451. The number of fused-ring (bicyclic) bond motifs is 2. The van der Waals surface area contributed by atoms with Crippen LogP contribution in [-0.2, 0) is 6.54 Å². The van der Waals surface area contributed by atoms with Crippen LogP contribution < -0.4 is 5.32 Å². The molecule has 2 bridgehead atoms. The first-order chi connectivity index (χ1) is 9.54. The number of rotatable bonds is 5. The number of nitrogens with one attached hydrogen (secondary N) is 1. The average Bonchev–Trinajstić information content (AvgIpc) is 3.10. The molecule has 2 N–H and O–H groups in total. The number of carbonyl (C=O) groups is 1. The second-order valence-electron chi connectivity index (χ2n) is 6.51. The molecule has 2 fully saturated rings. The van der Waals surface area contributed by atoms with Crippen molar-refractivity contribution < 1.29 is 9.90 Å². The van der Waals surface area contributed by atoms with Crippen molar-refractivity contribution in [1.29, 1.82) is 0 Å². The van der Waals surface area contributed by atoms with Crippen LogP contribution in [0.5, 0.6) is 0 Å². The Labute approximate surface area is 124 Å². The summed E-state index contributed by atoms with van der Waals surface area (Å²) in [5.74, 6) is 1.92. The van der Waals surface area contributed by atoms with Gasteiger partial charge in [0.25, 0.3) is 0 Å². The summed E-state index contributed by atoms with van der Waals surface area (Å²) in [6, 6.07) is 2.36. The SMILES string of the molecule is Cc1sc(C(=O)O)cc1CNC(C)C1CC2CCC1C2. The van der Waals surface area contributed by atoms with E-state index in [2.05, 4.69) is 12.2 Å². The number of carboxylic acid groups (broad SMARTS) is 1. The molecular weight excluding hydrogens is 270 g/mol. The number of hydrogen-bond donors (Lipinski definition) is 2. The minimum Gasteiger partial charge on any atom is -0.477 e. The molecule has 0 aliphatic heterocycles. The van der Waals surface area contributed by atoms with Crippen LogP contribution >= 0.6 is 11.3 Å². The third-order valence-electron chi connectivity index (χ3n) is 5.28. The van der Waals surface area contributed by atoms with Gasteiger partial charge < -0.3 is 10.4 Å². The van der Waals surface area contributed by atoms with Gasteiger partial charge in [-0.05, 0) is 62.5 Å². The van der Waals surface area contributed by atoms with Gasteiger partial charge >= 0.3 is 5.97 Å². The van der Waals surface area contributed by atoms with Crippen molar-refractivity contribution in [2.24, 2.45) is 17.8 Å². The van der Waals surface area contributed by atoms with Gasteiger partial charge in [0.15, 0.2) is 0 Å². The van der Waals surface area contributed by atoms with E-state index in [1.54, 1.807) is 0 Å². The van der Waals surface area contributed by atoms with Crippen LogP contribution in [-0.4, -0.2) is 17.1 Å². The van der Waals surface area contributed by atoms with Gasteiger partial charge in [-0.1, -0.05) is 6.42 Å². The molecule has 0 saturated heterocycles. The van der Waals surface area contributed by atoms with E-state index in [4.69, 9.17) is 5.11 Å². The van der Waals surface area contributed by atoms with Gasteiger partial charge in [-0.15, -0.1) is 11.3 Å². The number of hydrogen-bond acceptors (Lipinski definition) is 3. The molecule has 110 valence electrons. The fourth-order valence-electron chi connectivity index (χ4n) is 4.13. The molecule has 1 heterocycles. The molecule has 0 spiro atoms. The van der Waals surface area contributed by atoms with Crippen molar-refractivity contribution in [3.63, 3.8) is 0 Å². The van der Waals surface area contributed by atoms with E-state index >= 15 is 0 Å². The molecule has 0 radical (unpaired) electrons. The first-order valence-electron chi connectivity index (χ1n) is 7.60. The van der Waals surface area contributed by atoms with E-state index < -0.39 is 5.97 Å². The summed E-state index contributed by atoms with van der Waals surface area (Å²) < 4.78 is 0. The largest absolute Gasteiger partial charge is 0.477 e. The summed E-state index contributed by atoms with van der Waals surface area (Å²) >= 11 is 1.38. The molecule has 0 amide bonds. The highest BCUT2D eigenvalue weighted by atomic mass is 32.1. The van der Waals surface area contributed by atoms with E-state index in [1.165, 1.54) is 37.0 Å². The summed E-state index contributed by atoms with van der Waals surface area (Å²) in [4.78, 5) is 12.6. The minimum atomic E-state index is -0.814. The molecule has 4 atom stereocenters. The Balaban J connectivity index is 1.58. The van der Waals surface area contributed by atoms with E-state index in [1.807, 2.05) is 13.0 Å². The number of thiophene rings is 1. The maximum atomic E-state index is 11.0. The predicted molar refractivity (Wildman–Crippen MR) is 81.3 cm³/mol. The van der Waals surface area contributed by atoms with Crippen LogP contribution in [0.1, 0.15) is 52.7 Å². The van der Waals surface area contributed by atoms with Crippen molar-refractivity contribution in [1.82, 2.24) is 5.32 Å². The zero-order valence-corrected chi connectivity index (χ0v) is 13.0. The molecule has 3 rings (SSSR count). The Kier molecular flexibility index (Phi) is 3.87. The first kappa shape index (κ1) is 14.1. The fourth-order valence-corrected chi connectivity index (χ4v) is 5.01. The third-order valence-corrected chi connectivity index (χ3v) is 6.36. The molecular formula is C16H23NO2S. The summed E-state index contributed by atoms with van der Waals surface area (Å²) in [5, 5.41) is 12.7. The molecule has 4 unspecified atom stereocenters. The lowest BCUT2D eigenvalue weighted by Gasteiger charge is -2.28. The zero-order chi connectivity index (χ0) is 14.3. The van der Waals surface area contributed by atoms with Crippen LogP contribution in [0.2, 0.25) is 0 Å². The highest BCUT2D eigenvalue weighted by Gasteiger charge is 2.41. The van der Waals surface area contributed by atoms with Gasteiger partial charge in [0.05, 0.1) is 0 Å². The van der Waals surface area contributed by atoms with Crippen molar-refractivity contribution in [3.05, 3.63) is 21.4 Å². The summed E-state index contributed by atoms with van der Waals surface area (Å²) in [6.45, 7) is 5.10. The number of aryl methyl sites for hydroxylation is 1. The van der Waals surface area contributed by atoms with Gasteiger partial charge in [0, 0.05) is 17.5 Å². The normalized spacial score (nSPS) is 29.8. The molecule has 20 heavy (non-hydrogen) atoms. The van der Waals surface area contributed by atoms with Gasteiger partial charge in [-0.3, -0.25) is 0 Å². The smallest absolute Gasteiger partial charge is 0.345 e. The van der Waals surface area contributed by atoms with Crippen LogP contribution in [0.15, 0.2) is 6.07 Å². The fraction of sp³-hybridized carbons (Fsp3) is 0.688. The molecule has 2 aliphatic rings. The molecule has 2 saturated carbocycles. The summed E-state index contributed by atoms with van der Waals surface area (Å²) in [7, 11) is 0. The van der Waals surface area contributed by atoms with Crippen LogP contribution in [0, 0.1) is 24.7 Å². The molecule has 1 aromatic rings. The van der Waals surface area contributed by atoms with Crippen molar-refractivity contribution in [3.8, 4) is 0 Å². The van der Waals surface area contributed by atoms with Gasteiger partial charge in [0.2, 0.25) is 0 Å². The van der Waals surface area contributed by atoms with Crippen LogP contribution in [0.25, 0.3) is 0 Å². The molecule has 1 aromatic heterocycles. The zero-order valence-electron chi connectivity index (χ0n) is 12.2. The highest BCUT2D eigenvalue weighted by Crippen LogP contribution is 2.49. The lowest BCUT2D eigenvalue weighted by Crippen LogP contribution is -2.35. The quantitative estimate of drug-likeness (QED) is 0.871. The molecule has 4 heteroatoms. The first-order valence-corrected chi connectivity index (χ1v) is 8.42. The van der Waals surface area contributed by atoms with E-state index in [9.17, 15) is 4.79 Å². The summed E-state index contributed by atoms with van der Waals surface area (Å²) in [6.07, 6.45) is 5.70. The van der Waals surface area contributed by atoms with Crippen LogP contribution in [0.4, 0.5) is 0 Å². The van der Waals surface area contributed by atoms with Crippen molar-refractivity contribution in [2.45, 2.75) is 52.1 Å².